The first-order valence-corrected chi connectivity index (χ1v) is 8.90. The van der Waals surface area contributed by atoms with Crippen LogP contribution in [0.2, 0.25) is 0 Å². The van der Waals surface area contributed by atoms with Crippen molar-refractivity contribution in [3.8, 4) is 11.4 Å². The first-order valence-electron chi connectivity index (χ1n) is 8.90. The van der Waals surface area contributed by atoms with Crippen LogP contribution in [0, 0.1) is 13.8 Å². The maximum Gasteiger partial charge on any atom is 0.273 e. The van der Waals surface area contributed by atoms with Crippen molar-refractivity contribution in [2.75, 3.05) is 7.11 Å². The Morgan fingerprint density at radius 3 is 2.46 bits per heavy atom. The van der Waals surface area contributed by atoms with E-state index in [0.29, 0.717) is 5.56 Å². The van der Waals surface area contributed by atoms with Gasteiger partial charge >= 0.3 is 0 Å². The zero-order valence-corrected chi connectivity index (χ0v) is 16.1. The van der Waals surface area contributed by atoms with Crippen LogP contribution in [0.3, 0.4) is 0 Å². The molecule has 0 fully saturated rings. The summed E-state index contributed by atoms with van der Waals surface area (Å²) in [5, 5.41) is 14.1. The minimum Gasteiger partial charge on any atom is -0.497 e. The minimum atomic E-state index is -1.26. The number of nitrogens with zero attached hydrogens (tertiary/aromatic N) is 2. The Kier molecular flexibility index (Phi) is 5.91. The van der Waals surface area contributed by atoms with Gasteiger partial charge in [0.2, 0.25) is 0 Å². The van der Waals surface area contributed by atoms with Crippen molar-refractivity contribution < 1.29 is 14.6 Å². The van der Waals surface area contributed by atoms with Gasteiger partial charge in [0.15, 0.2) is 6.10 Å². The van der Waals surface area contributed by atoms with Gasteiger partial charge in [0.25, 0.3) is 5.91 Å². The highest BCUT2D eigenvalue weighted by Crippen LogP contribution is 2.22. The normalized spacial score (nSPS) is 12.1. The summed E-state index contributed by atoms with van der Waals surface area (Å²) < 4.78 is 7.31. The number of aromatic nitrogens is 1. The Labute approximate surface area is 164 Å². The third kappa shape index (κ3) is 4.13. The fourth-order valence-electron chi connectivity index (χ4n) is 3.06. The van der Waals surface area contributed by atoms with Gasteiger partial charge in [-0.2, -0.15) is 5.10 Å². The molecule has 28 heavy (non-hydrogen) atoms. The fraction of sp³-hybridized carbons (Fsp3) is 0.182. The number of rotatable bonds is 6. The second-order valence-electron chi connectivity index (χ2n) is 6.41. The highest BCUT2D eigenvalue weighted by molar-refractivity contribution is 5.86. The second kappa shape index (κ2) is 8.54. The molecule has 0 aliphatic heterocycles. The molecule has 144 valence electrons. The van der Waals surface area contributed by atoms with Gasteiger partial charge in [0, 0.05) is 22.6 Å². The number of carbonyl (C=O) groups excluding carboxylic acids is 1. The van der Waals surface area contributed by atoms with E-state index in [1.807, 2.05) is 50.2 Å². The van der Waals surface area contributed by atoms with Crippen molar-refractivity contribution >= 4 is 12.1 Å². The van der Waals surface area contributed by atoms with E-state index >= 15 is 0 Å². The monoisotopic (exact) mass is 377 g/mol. The zero-order valence-electron chi connectivity index (χ0n) is 16.1. The average molecular weight is 377 g/mol. The zero-order chi connectivity index (χ0) is 20.1. The predicted octanol–water partition coefficient (Wildman–Crippen LogP) is 3.29. The van der Waals surface area contributed by atoms with E-state index in [1.165, 1.54) is 0 Å². The molecular formula is C22H23N3O3. The number of amides is 1. The summed E-state index contributed by atoms with van der Waals surface area (Å²) in [4.78, 5) is 12.1. The summed E-state index contributed by atoms with van der Waals surface area (Å²) >= 11 is 0. The number of hydrazone groups is 1. The molecule has 3 aromatic rings. The minimum absolute atomic E-state index is 0.521. The standard InChI is InChI=1S/C22H23N3O3/c1-15-13-18(16(2)25(15)19-9-11-20(28-3)12-10-19)14-23-24-22(27)21(26)17-7-5-4-6-8-17/h4-14,21,26H,1-3H3,(H,24,27)/b23-14-/t21-/m1/s1. The highest BCUT2D eigenvalue weighted by atomic mass is 16.5. The van der Waals surface area contributed by atoms with Crippen LogP contribution >= 0.6 is 0 Å². The van der Waals surface area contributed by atoms with E-state index in [9.17, 15) is 9.90 Å². The van der Waals surface area contributed by atoms with Crippen LogP contribution in [0.4, 0.5) is 0 Å². The molecule has 0 saturated carbocycles. The van der Waals surface area contributed by atoms with Crippen LogP contribution in [-0.2, 0) is 4.79 Å². The molecule has 0 saturated heterocycles. The maximum absolute atomic E-state index is 12.1. The van der Waals surface area contributed by atoms with E-state index in [2.05, 4.69) is 15.1 Å². The fourth-order valence-corrected chi connectivity index (χ4v) is 3.06. The van der Waals surface area contributed by atoms with E-state index in [0.717, 1.165) is 28.4 Å². The van der Waals surface area contributed by atoms with Crippen molar-refractivity contribution in [3.63, 3.8) is 0 Å². The van der Waals surface area contributed by atoms with Crippen LogP contribution in [0.1, 0.15) is 28.6 Å². The molecule has 1 atom stereocenters. The summed E-state index contributed by atoms with van der Waals surface area (Å²) in [5.41, 5.74) is 6.84. The summed E-state index contributed by atoms with van der Waals surface area (Å²) in [7, 11) is 1.64. The SMILES string of the molecule is COc1ccc(-n2c(C)cc(/C=N\NC(=O)[C@H](O)c3ccccc3)c2C)cc1. The molecule has 6 heteroatoms. The van der Waals surface area contributed by atoms with Crippen molar-refractivity contribution in [1.29, 1.82) is 0 Å². The number of aliphatic hydroxyl groups excluding tert-OH is 1. The molecule has 0 bridgehead atoms. The van der Waals surface area contributed by atoms with Crippen LogP contribution < -0.4 is 10.2 Å². The van der Waals surface area contributed by atoms with E-state index in [1.54, 1.807) is 37.6 Å². The number of carbonyl (C=O) groups is 1. The summed E-state index contributed by atoms with van der Waals surface area (Å²) in [5.74, 6) is 0.221. The molecule has 0 aliphatic carbocycles. The molecule has 2 aromatic carbocycles. The Balaban J connectivity index is 1.73. The lowest BCUT2D eigenvalue weighted by molar-refractivity contribution is -0.129. The van der Waals surface area contributed by atoms with Gasteiger partial charge in [-0.1, -0.05) is 30.3 Å². The van der Waals surface area contributed by atoms with Gasteiger partial charge in [-0.05, 0) is 49.7 Å². The number of hydrogen-bond acceptors (Lipinski definition) is 4. The lowest BCUT2D eigenvalue weighted by atomic mass is 10.1. The lowest BCUT2D eigenvalue weighted by Gasteiger charge is -2.10. The smallest absolute Gasteiger partial charge is 0.273 e. The summed E-state index contributed by atoms with van der Waals surface area (Å²) in [6.07, 6.45) is 0.322. The maximum atomic E-state index is 12.1. The van der Waals surface area contributed by atoms with Crippen LogP contribution in [0.5, 0.6) is 5.75 Å². The first-order chi connectivity index (χ1) is 13.5. The number of ether oxygens (including phenoxy) is 1. The van der Waals surface area contributed by atoms with E-state index in [-0.39, 0.29) is 0 Å². The number of methoxy groups -OCH3 is 1. The van der Waals surface area contributed by atoms with Gasteiger partial charge < -0.3 is 14.4 Å². The van der Waals surface area contributed by atoms with Crippen LogP contribution in [0.25, 0.3) is 5.69 Å². The molecule has 1 amide bonds. The van der Waals surface area contributed by atoms with Gasteiger partial charge in [-0.25, -0.2) is 5.43 Å². The van der Waals surface area contributed by atoms with E-state index < -0.39 is 12.0 Å². The number of aliphatic hydroxyl groups is 1. The summed E-state index contributed by atoms with van der Waals surface area (Å²) in [6, 6.07) is 18.5. The van der Waals surface area contributed by atoms with Gasteiger partial charge in [0.1, 0.15) is 5.75 Å². The molecule has 0 spiro atoms. The Bertz CT molecular complexity index is 976. The molecule has 6 nitrogen and oxygen atoms in total. The molecule has 1 aromatic heterocycles. The average Bonchev–Trinajstić information content (AvgIpc) is 3.01. The lowest BCUT2D eigenvalue weighted by Crippen LogP contribution is -2.25. The van der Waals surface area contributed by atoms with Crippen molar-refractivity contribution in [2.45, 2.75) is 20.0 Å². The molecule has 2 N–H and O–H groups in total. The van der Waals surface area contributed by atoms with Crippen molar-refractivity contribution in [3.05, 3.63) is 83.2 Å². The first kappa shape index (κ1) is 19.4. The molecular weight excluding hydrogens is 354 g/mol. The molecule has 3 rings (SSSR count). The van der Waals surface area contributed by atoms with Crippen LogP contribution in [0.15, 0.2) is 65.8 Å². The third-order valence-corrected chi connectivity index (χ3v) is 4.54. The number of benzene rings is 2. The number of hydrogen-bond donors (Lipinski definition) is 2. The topological polar surface area (TPSA) is 75.8 Å². The van der Waals surface area contributed by atoms with Crippen LogP contribution in [-0.4, -0.2) is 28.9 Å². The van der Waals surface area contributed by atoms with Crippen molar-refractivity contribution in [2.24, 2.45) is 5.10 Å². The van der Waals surface area contributed by atoms with Gasteiger partial charge in [-0.3, -0.25) is 4.79 Å². The number of nitrogens with one attached hydrogen (secondary N) is 1. The molecule has 1 heterocycles. The van der Waals surface area contributed by atoms with Gasteiger partial charge in [0.05, 0.1) is 13.3 Å². The number of aryl methyl sites for hydroxylation is 1. The third-order valence-electron chi connectivity index (χ3n) is 4.54. The molecule has 0 unspecified atom stereocenters. The second-order valence-corrected chi connectivity index (χ2v) is 6.41. The molecule has 0 aliphatic rings. The largest absolute Gasteiger partial charge is 0.497 e. The quantitative estimate of drug-likeness (QED) is 0.511. The van der Waals surface area contributed by atoms with Gasteiger partial charge in [-0.15, -0.1) is 0 Å². The highest BCUT2D eigenvalue weighted by Gasteiger charge is 2.16. The Morgan fingerprint density at radius 1 is 1.14 bits per heavy atom. The van der Waals surface area contributed by atoms with Crippen molar-refractivity contribution in [1.82, 2.24) is 9.99 Å². The Hall–Kier alpha value is -3.38. The predicted molar refractivity (Wildman–Crippen MR) is 109 cm³/mol. The van der Waals surface area contributed by atoms with E-state index in [4.69, 9.17) is 4.74 Å². The molecule has 0 radical (unpaired) electrons. The summed E-state index contributed by atoms with van der Waals surface area (Å²) in [6.45, 7) is 3.99. The Morgan fingerprint density at radius 2 is 1.82 bits per heavy atom.